The molecule has 7 heteroatoms. The minimum atomic E-state index is -0.728. The summed E-state index contributed by atoms with van der Waals surface area (Å²) in [6, 6.07) is 13.9. The Hall–Kier alpha value is -3.15. The second-order valence-corrected chi connectivity index (χ2v) is 9.08. The fourth-order valence-corrected chi connectivity index (χ4v) is 4.80. The van der Waals surface area contributed by atoms with E-state index < -0.39 is 11.9 Å². The zero-order valence-electron chi connectivity index (χ0n) is 17.8. The van der Waals surface area contributed by atoms with E-state index in [9.17, 15) is 14.0 Å². The number of carbonyl (C=O) groups is 1. The lowest BCUT2D eigenvalue weighted by molar-refractivity contribution is 0.0714. The maximum absolute atomic E-state index is 13.7. The van der Waals surface area contributed by atoms with Gasteiger partial charge in [-0.15, -0.1) is 0 Å². The average Bonchev–Trinajstić information content (AvgIpc) is 3.03. The Bertz CT molecular complexity index is 1490. The number of fused-ring (bicyclic) bond motifs is 2. The largest absolute Gasteiger partial charge is 0.450 e. The van der Waals surface area contributed by atoms with Crippen LogP contribution >= 0.6 is 23.2 Å². The Labute approximate surface area is 199 Å². The van der Waals surface area contributed by atoms with Gasteiger partial charge in [-0.1, -0.05) is 47.5 Å². The fourth-order valence-electron chi connectivity index (χ4n) is 4.49. The van der Waals surface area contributed by atoms with E-state index in [4.69, 9.17) is 27.6 Å². The van der Waals surface area contributed by atoms with Crippen LogP contribution in [-0.4, -0.2) is 10.8 Å². The number of amides is 1. The molecule has 0 radical (unpaired) electrons. The molecule has 0 bridgehead atoms. The van der Waals surface area contributed by atoms with Crippen LogP contribution in [0, 0.1) is 19.7 Å². The van der Waals surface area contributed by atoms with Gasteiger partial charge in [0.05, 0.1) is 27.0 Å². The molecule has 3 aromatic carbocycles. The first-order valence-electron chi connectivity index (χ1n) is 10.3. The average molecular weight is 482 g/mol. The lowest BCUT2D eigenvalue weighted by Crippen LogP contribution is -2.29. The van der Waals surface area contributed by atoms with E-state index in [-0.39, 0.29) is 29.1 Å². The molecule has 33 heavy (non-hydrogen) atoms. The number of hydrogen-bond acceptors (Lipinski definition) is 3. The summed E-state index contributed by atoms with van der Waals surface area (Å²) in [5.41, 5.74) is 3.44. The van der Waals surface area contributed by atoms with E-state index in [0.29, 0.717) is 32.1 Å². The van der Waals surface area contributed by atoms with Gasteiger partial charge < -0.3 is 9.32 Å². The van der Waals surface area contributed by atoms with Crippen LogP contribution in [0.3, 0.4) is 0 Å². The van der Waals surface area contributed by atoms with Crippen LogP contribution in [0.2, 0.25) is 10.0 Å². The third-order valence-corrected chi connectivity index (χ3v) is 6.68. The van der Waals surface area contributed by atoms with Gasteiger partial charge in [-0.3, -0.25) is 9.59 Å². The van der Waals surface area contributed by atoms with Crippen molar-refractivity contribution in [3.8, 4) is 0 Å². The van der Waals surface area contributed by atoms with Gasteiger partial charge >= 0.3 is 0 Å². The summed E-state index contributed by atoms with van der Waals surface area (Å²) in [5.74, 6) is -0.774. The van der Waals surface area contributed by atoms with Crippen molar-refractivity contribution in [1.29, 1.82) is 0 Å². The van der Waals surface area contributed by atoms with Gasteiger partial charge in [-0.05, 0) is 66.4 Å². The zero-order chi connectivity index (χ0) is 23.4. The molecule has 4 nitrogen and oxygen atoms in total. The van der Waals surface area contributed by atoms with Gasteiger partial charge in [-0.2, -0.15) is 0 Å². The van der Waals surface area contributed by atoms with Gasteiger partial charge in [0.1, 0.15) is 11.4 Å². The van der Waals surface area contributed by atoms with Crippen LogP contribution in [0.1, 0.15) is 44.4 Å². The monoisotopic (exact) mass is 481 g/mol. The van der Waals surface area contributed by atoms with Crippen molar-refractivity contribution in [2.45, 2.75) is 26.4 Å². The first kappa shape index (κ1) is 21.7. The number of rotatable bonds is 3. The number of carbonyl (C=O) groups excluding carboxylic acids is 1. The Balaban J connectivity index is 1.76. The quantitative estimate of drug-likeness (QED) is 0.331. The SMILES string of the molecule is Cc1cc(C)c2c(=O)c3c(oc2c1)C(=O)N(Cc1ccc(F)cc1)C3c1ccc(Cl)c(Cl)c1. The van der Waals surface area contributed by atoms with E-state index in [2.05, 4.69) is 0 Å². The number of halogens is 3. The fraction of sp³-hybridized carbons (Fsp3) is 0.154. The smallest absolute Gasteiger partial charge is 0.291 e. The maximum Gasteiger partial charge on any atom is 0.291 e. The molecule has 0 fully saturated rings. The standard InChI is InChI=1S/C26H18Cl2FNO3/c1-13-9-14(2)21-20(10-13)33-25-22(24(21)31)23(16-5-8-18(27)19(28)11-16)30(26(25)32)12-15-3-6-17(29)7-4-15/h3-11,23H,12H2,1-2H3. The summed E-state index contributed by atoms with van der Waals surface area (Å²) in [6.07, 6.45) is 0. The van der Waals surface area contributed by atoms with Crippen LogP contribution in [-0.2, 0) is 6.54 Å². The Morgan fingerprint density at radius 3 is 2.39 bits per heavy atom. The molecule has 1 aromatic heterocycles. The van der Waals surface area contributed by atoms with E-state index in [1.807, 2.05) is 19.9 Å². The molecule has 1 amide bonds. The number of benzene rings is 3. The van der Waals surface area contributed by atoms with Gasteiger partial charge in [-0.25, -0.2) is 4.39 Å². The van der Waals surface area contributed by atoms with Crippen molar-refractivity contribution >= 4 is 40.1 Å². The van der Waals surface area contributed by atoms with Crippen LogP contribution < -0.4 is 5.43 Å². The molecular formula is C26H18Cl2FNO3. The molecule has 4 aromatic rings. The summed E-state index contributed by atoms with van der Waals surface area (Å²) in [5, 5.41) is 1.13. The Morgan fingerprint density at radius 1 is 0.970 bits per heavy atom. The highest BCUT2D eigenvalue weighted by Crippen LogP contribution is 2.41. The second kappa shape index (κ2) is 8.01. The molecule has 0 spiro atoms. The van der Waals surface area contributed by atoms with Crippen molar-refractivity contribution in [3.63, 3.8) is 0 Å². The van der Waals surface area contributed by atoms with Crippen LogP contribution in [0.15, 0.2) is 63.8 Å². The van der Waals surface area contributed by atoms with Crippen LogP contribution in [0.25, 0.3) is 11.0 Å². The van der Waals surface area contributed by atoms with Crippen molar-refractivity contribution in [3.05, 3.63) is 114 Å². The first-order valence-corrected chi connectivity index (χ1v) is 11.1. The highest BCUT2D eigenvalue weighted by Gasteiger charge is 2.43. The first-order chi connectivity index (χ1) is 15.7. The predicted molar refractivity (Wildman–Crippen MR) is 127 cm³/mol. The van der Waals surface area contributed by atoms with E-state index in [0.717, 1.165) is 11.1 Å². The van der Waals surface area contributed by atoms with E-state index in [1.54, 1.807) is 41.3 Å². The molecule has 1 unspecified atom stereocenters. The molecule has 166 valence electrons. The second-order valence-electron chi connectivity index (χ2n) is 8.26. The molecule has 0 aliphatic carbocycles. The number of aryl methyl sites for hydroxylation is 2. The minimum absolute atomic E-state index is 0.00989. The summed E-state index contributed by atoms with van der Waals surface area (Å²) < 4.78 is 19.5. The molecule has 1 aliphatic heterocycles. The van der Waals surface area contributed by atoms with Gasteiger partial charge in [0.2, 0.25) is 5.76 Å². The highest BCUT2D eigenvalue weighted by atomic mass is 35.5. The molecule has 1 aliphatic rings. The summed E-state index contributed by atoms with van der Waals surface area (Å²) in [4.78, 5) is 28.8. The number of hydrogen-bond donors (Lipinski definition) is 0. The van der Waals surface area contributed by atoms with Crippen molar-refractivity contribution in [1.82, 2.24) is 4.90 Å². The zero-order valence-corrected chi connectivity index (χ0v) is 19.3. The third-order valence-electron chi connectivity index (χ3n) is 5.94. The van der Waals surface area contributed by atoms with Crippen molar-refractivity contribution in [2.75, 3.05) is 0 Å². The molecule has 0 saturated heterocycles. The van der Waals surface area contributed by atoms with Crippen molar-refractivity contribution < 1.29 is 13.6 Å². The Kier molecular flexibility index (Phi) is 5.26. The third kappa shape index (κ3) is 3.62. The molecule has 1 atom stereocenters. The van der Waals surface area contributed by atoms with Gasteiger partial charge in [0.15, 0.2) is 5.43 Å². The van der Waals surface area contributed by atoms with Crippen LogP contribution in [0.5, 0.6) is 0 Å². The molecule has 5 rings (SSSR count). The maximum atomic E-state index is 13.7. The van der Waals surface area contributed by atoms with Gasteiger partial charge in [0, 0.05) is 6.54 Å². The molecular weight excluding hydrogens is 464 g/mol. The topological polar surface area (TPSA) is 50.5 Å². The number of nitrogens with zero attached hydrogens (tertiary/aromatic N) is 1. The highest BCUT2D eigenvalue weighted by molar-refractivity contribution is 6.42. The molecule has 0 saturated carbocycles. The summed E-state index contributed by atoms with van der Waals surface area (Å²) >= 11 is 12.4. The molecule has 0 N–H and O–H groups in total. The summed E-state index contributed by atoms with van der Waals surface area (Å²) in [7, 11) is 0. The minimum Gasteiger partial charge on any atom is -0.450 e. The lowest BCUT2D eigenvalue weighted by Gasteiger charge is -2.25. The van der Waals surface area contributed by atoms with Gasteiger partial charge in [0.25, 0.3) is 5.91 Å². The Morgan fingerprint density at radius 2 is 1.70 bits per heavy atom. The summed E-state index contributed by atoms with van der Waals surface area (Å²) in [6.45, 7) is 3.91. The van der Waals surface area contributed by atoms with E-state index >= 15 is 0 Å². The normalized spacial score (nSPS) is 15.4. The van der Waals surface area contributed by atoms with Crippen molar-refractivity contribution in [2.24, 2.45) is 0 Å². The van der Waals surface area contributed by atoms with E-state index in [1.165, 1.54) is 12.1 Å². The predicted octanol–water partition coefficient (Wildman–Crippen LogP) is 6.60. The molecule has 2 heterocycles. The lowest BCUT2D eigenvalue weighted by atomic mass is 9.96. The van der Waals surface area contributed by atoms with Crippen LogP contribution in [0.4, 0.5) is 4.39 Å².